The van der Waals surface area contributed by atoms with Gasteiger partial charge in [0.1, 0.15) is 0 Å². The number of amides is 1. The molecule has 2 aromatic carbocycles. The Kier molecular flexibility index (Phi) is 3.88. The lowest BCUT2D eigenvalue weighted by Crippen LogP contribution is -2.30. The van der Waals surface area contributed by atoms with E-state index >= 15 is 0 Å². The predicted molar refractivity (Wildman–Crippen MR) is 89.5 cm³/mol. The van der Waals surface area contributed by atoms with Crippen LogP contribution in [0.5, 0.6) is 0 Å². The Morgan fingerprint density at radius 3 is 2.83 bits per heavy atom. The number of benzene rings is 2. The molecule has 4 rings (SSSR count). The van der Waals surface area contributed by atoms with Gasteiger partial charge in [-0.1, -0.05) is 42.5 Å². The predicted octanol–water partition coefficient (Wildman–Crippen LogP) is 3.39. The van der Waals surface area contributed by atoms with Crippen molar-refractivity contribution in [2.45, 2.75) is 25.4 Å². The molecule has 0 saturated carbocycles. The molecule has 0 aromatic heterocycles. The molecular formula is C20H21NO2. The highest BCUT2D eigenvalue weighted by Gasteiger charge is 2.29. The average molecular weight is 307 g/mol. The second kappa shape index (κ2) is 6.17. The van der Waals surface area contributed by atoms with Crippen LogP contribution in [0.25, 0.3) is 0 Å². The maximum atomic E-state index is 13.0. The van der Waals surface area contributed by atoms with Gasteiger partial charge in [0.25, 0.3) is 5.91 Å². The maximum Gasteiger partial charge on any atom is 0.254 e. The van der Waals surface area contributed by atoms with Crippen LogP contribution >= 0.6 is 0 Å². The summed E-state index contributed by atoms with van der Waals surface area (Å²) in [7, 11) is 0. The van der Waals surface area contributed by atoms with Crippen LogP contribution < -0.4 is 0 Å². The number of carbonyl (C=O) groups is 1. The molecule has 118 valence electrons. The number of fused-ring (bicyclic) bond motifs is 1. The van der Waals surface area contributed by atoms with E-state index in [9.17, 15) is 4.79 Å². The SMILES string of the molecule is O=C(c1cccc2c1COCC2)N1CCC(c2ccccc2)C1. The van der Waals surface area contributed by atoms with Crippen LogP contribution in [0.3, 0.4) is 0 Å². The van der Waals surface area contributed by atoms with Crippen molar-refractivity contribution in [1.82, 2.24) is 4.90 Å². The molecule has 1 fully saturated rings. The molecule has 1 unspecified atom stereocenters. The largest absolute Gasteiger partial charge is 0.376 e. The number of likely N-dealkylation sites (tertiary alicyclic amines) is 1. The summed E-state index contributed by atoms with van der Waals surface area (Å²) in [5.74, 6) is 0.613. The molecule has 1 saturated heterocycles. The van der Waals surface area contributed by atoms with E-state index in [1.807, 2.05) is 23.1 Å². The Labute approximate surface area is 136 Å². The third-order valence-electron chi connectivity index (χ3n) is 5.01. The van der Waals surface area contributed by atoms with Gasteiger partial charge in [-0.3, -0.25) is 4.79 Å². The van der Waals surface area contributed by atoms with Gasteiger partial charge in [-0.05, 0) is 35.6 Å². The van der Waals surface area contributed by atoms with Crippen molar-refractivity contribution in [3.05, 3.63) is 70.8 Å². The Bertz CT molecular complexity index is 711. The quantitative estimate of drug-likeness (QED) is 0.851. The molecule has 2 heterocycles. The molecule has 2 aliphatic rings. The van der Waals surface area contributed by atoms with E-state index in [1.165, 1.54) is 11.1 Å². The zero-order valence-corrected chi connectivity index (χ0v) is 13.2. The summed E-state index contributed by atoms with van der Waals surface area (Å²) in [6.45, 7) is 2.97. The van der Waals surface area contributed by atoms with Gasteiger partial charge in [0.05, 0.1) is 13.2 Å². The lowest BCUT2D eigenvalue weighted by molar-refractivity contribution is 0.0773. The van der Waals surface area contributed by atoms with Gasteiger partial charge in [0, 0.05) is 24.6 Å². The van der Waals surface area contributed by atoms with Gasteiger partial charge in [-0.15, -0.1) is 0 Å². The first-order valence-corrected chi connectivity index (χ1v) is 8.35. The van der Waals surface area contributed by atoms with Crippen molar-refractivity contribution in [2.75, 3.05) is 19.7 Å². The number of hydrogen-bond acceptors (Lipinski definition) is 2. The summed E-state index contributed by atoms with van der Waals surface area (Å²) >= 11 is 0. The lowest BCUT2D eigenvalue weighted by atomic mass is 9.97. The molecular weight excluding hydrogens is 286 g/mol. The van der Waals surface area contributed by atoms with Crippen molar-refractivity contribution in [1.29, 1.82) is 0 Å². The topological polar surface area (TPSA) is 29.5 Å². The molecule has 0 bridgehead atoms. The lowest BCUT2D eigenvalue weighted by Gasteiger charge is -2.23. The molecule has 23 heavy (non-hydrogen) atoms. The van der Waals surface area contributed by atoms with Gasteiger partial charge in [-0.25, -0.2) is 0 Å². The second-order valence-corrected chi connectivity index (χ2v) is 6.39. The number of carbonyl (C=O) groups excluding carboxylic acids is 1. The van der Waals surface area contributed by atoms with Crippen molar-refractivity contribution < 1.29 is 9.53 Å². The first kappa shape index (κ1) is 14.5. The first-order valence-electron chi connectivity index (χ1n) is 8.35. The minimum absolute atomic E-state index is 0.158. The highest BCUT2D eigenvalue weighted by Crippen LogP contribution is 2.29. The smallest absolute Gasteiger partial charge is 0.254 e. The van der Waals surface area contributed by atoms with Crippen LogP contribution in [0.15, 0.2) is 48.5 Å². The van der Waals surface area contributed by atoms with Gasteiger partial charge in [0.15, 0.2) is 0 Å². The monoisotopic (exact) mass is 307 g/mol. The third-order valence-corrected chi connectivity index (χ3v) is 5.01. The van der Waals surface area contributed by atoms with Gasteiger partial charge in [-0.2, -0.15) is 0 Å². The Morgan fingerprint density at radius 1 is 1.09 bits per heavy atom. The Morgan fingerprint density at radius 2 is 1.96 bits per heavy atom. The summed E-state index contributed by atoms with van der Waals surface area (Å²) < 4.78 is 5.57. The molecule has 3 nitrogen and oxygen atoms in total. The normalized spacial score (nSPS) is 20.3. The minimum Gasteiger partial charge on any atom is -0.376 e. The van der Waals surface area contributed by atoms with E-state index in [1.54, 1.807) is 0 Å². The van der Waals surface area contributed by atoms with E-state index in [2.05, 4.69) is 30.3 Å². The molecule has 2 aliphatic heterocycles. The zero-order chi connectivity index (χ0) is 15.6. The summed E-state index contributed by atoms with van der Waals surface area (Å²) in [6, 6.07) is 16.6. The van der Waals surface area contributed by atoms with Crippen molar-refractivity contribution in [2.24, 2.45) is 0 Å². The van der Waals surface area contributed by atoms with E-state index < -0.39 is 0 Å². The zero-order valence-electron chi connectivity index (χ0n) is 13.2. The van der Waals surface area contributed by atoms with Crippen molar-refractivity contribution in [3.63, 3.8) is 0 Å². The number of rotatable bonds is 2. The highest BCUT2D eigenvalue weighted by atomic mass is 16.5. The molecule has 1 atom stereocenters. The average Bonchev–Trinajstić information content (AvgIpc) is 3.11. The van der Waals surface area contributed by atoms with Crippen molar-refractivity contribution in [3.8, 4) is 0 Å². The van der Waals surface area contributed by atoms with Gasteiger partial charge < -0.3 is 9.64 Å². The van der Waals surface area contributed by atoms with Crippen LogP contribution in [0.4, 0.5) is 0 Å². The first-order chi connectivity index (χ1) is 11.3. The van der Waals surface area contributed by atoms with Crippen LogP contribution in [0, 0.1) is 0 Å². The summed E-state index contributed by atoms with van der Waals surface area (Å²) in [4.78, 5) is 15.0. The Hall–Kier alpha value is -2.13. The molecule has 2 aromatic rings. The summed E-state index contributed by atoms with van der Waals surface area (Å²) in [5, 5.41) is 0. The third kappa shape index (κ3) is 2.77. The number of ether oxygens (including phenoxy) is 1. The Balaban J connectivity index is 1.55. The van der Waals surface area contributed by atoms with Crippen LogP contribution in [0.2, 0.25) is 0 Å². The molecule has 0 spiro atoms. The molecule has 3 heteroatoms. The van der Waals surface area contributed by atoms with Crippen LogP contribution in [-0.2, 0) is 17.8 Å². The molecule has 0 radical (unpaired) electrons. The molecule has 0 N–H and O–H groups in total. The van der Waals surface area contributed by atoms with Crippen LogP contribution in [0.1, 0.15) is 39.4 Å². The standard InChI is InChI=1S/C20H21NO2/c22-20(18-8-4-7-16-10-12-23-14-19(16)18)21-11-9-17(13-21)15-5-2-1-3-6-15/h1-8,17H,9-14H2. The number of nitrogens with zero attached hydrogens (tertiary/aromatic N) is 1. The maximum absolute atomic E-state index is 13.0. The van der Waals surface area contributed by atoms with E-state index in [0.29, 0.717) is 12.5 Å². The van der Waals surface area contributed by atoms with E-state index in [0.717, 1.165) is 43.7 Å². The van der Waals surface area contributed by atoms with Gasteiger partial charge in [0.2, 0.25) is 0 Å². The highest BCUT2D eigenvalue weighted by molar-refractivity contribution is 5.96. The molecule has 0 aliphatic carbocycles. The second-order valence-electron chi connectivity index (χ2n) is 6.39. The molecule has 1 amide bonds. The fraction of sp³-hybridized carbons (Fsp3) is 0.350. The summed E-state index contributed by atoms with van der Waals surface area (Å²) in [5.41, 5.74) is 4.52. The van der Waals surface area contributed by atoms with E-state index in [-0.39, 0.29) is 5.91 Å². The van der Waals surface area contributed by atoms with E-state index in [4.69, 9.17) is 4.74 Å². The number of hydrogen-bond donors (Lipinski definition) is 0. The van der Waals surface area contributed by atoms with Crippen LogP contribution in [-0.4, -0.2) is 30.5 Å². The minimum atomic E-state index is 0.158. The fourth-order valence-electron chi connectivity index (χ4n) is 3.71. The summed E-state index contributed by atoms with van der Waals surface area (Å²) in [6.07, 6.45) is 1.95. The van der Waals surface area contributed by atoms with Gasteiger partial charge >= 0.3 is 0 Å². The fourth-order valence-corrected chi connectivity index (χ4v) is 3.71. The van der Waals surface area contributed by atoms with Crippen molar-refractivity contribution >= 4 is 5.91 Å².